The van der Waals surface area contributed by atoms with Crippen molar-refractivity contribution in [1.29, 1.82) is 5.26 Å². The molecule has 1 aromatic rings. The van der Waals surface area contributed by atoms with Gasteiger partial charge in [-0.2, -0.15) is 5.26 Å². The van der Waals surface area contributed by atoms with Crippen LogP contribution in [-0.4, -0.2) is 24.0 Å². The van der Waals surface area contributed by atoms with Gasteiger partial charge in [0, 0.05) is 19.1 Å². The Labute approximate surface area is 113 Å². The lowest BCUT2D eigenvalue weighted by atomic mass is 9.90. The molecule has 0 amide bonds. The van der Waals surface area contributed by atoms with Crippen LogP contribution in [0.2, 0.25) is 0 Å². The summed E-state index contributed by atoms with van der Waals surface area (Å²) < 4.78 is 13.3. The first kappa shape index (κ1) is 14.0. The standard InChI is InChI=1S/C15H20FN3/c1-2-12-10-19(6-5-15(12)18)9-11-3-4-14(16)13(7-11)8-17/h3-4,7,12,15H,2,5-6,9-10,18H2,1H3. The average molecular weight is 261 g/mol. The Morgan fingerprint density at radius 3 is 3.00 bits per heavy atom. The second kappa shape index (κ2) is 6.14. The number of benzene rings is 1. The number of nitriles is 1. The van der Waals surface area contributed by atoms with Crippen LogP contribution in [0.15, 0.2) is 18.2 Å². The number of rotatable bonds is 3. The molecule has 2 N–H and O–H groups in total. The molecule has 0 aliphatic carbocycles. The van der Waals surface area contributed by atoms with Crippen molar-refractivity contribution in [2.45, 2.75) is 32.4 Å². The quantitative estimate of drug-likeness (QED) is 0.908. The van der Waals surface area contributed by atoms with Crippen LogP contribution in [0.3, 0.4) is 0 Å². The van der Waals surface area contributed by atoms with Crippen molar-refractivity contribution >= 4 is 0 Å². The van der Waals surface area contributed by atoms with Crippen LogP contribution >= 0.6 is 0 Å². The Balaban J connectivity index is 2.04. The lowest BCUT2D eigenvalue weighted by Crippen LogP contribution is -2.46. The Morgan fingerprint density at radius 1 is 1.53 bits per heavy atom. The van der Waals surface area contributed by atoms with Crippen LogP contribution in [0.1, 0.15) is 30.9 Å². The van der Waals surface area contributed by atoms with Crippen LogP contribution in [0.25, 0.3) is 0 Å². The third-order valence-corrected chi connectivity index (χ3v) is 3.96. The molecule has 3 nitrogen and oxygen atoms in total. The molecular formula is C15H20FN3. The van der Waals surface area contributed by atoms with Crippen LogP contribution in [-0.2, 0) is 6.54 Å². The van der Waals surface area contributed by atoms with Crippen molar-refractivity contribution in [3.63, 3.8) is 0 Å². The minimum atomic E-state index is -0.446. The fourth-order valence-corrected chi connectivity index (χ4v) is 2.72. The van der Waals surface area contributed by atoms with Gasteiger partial charge in [0.15, 0.2) is 0 Å². The van der Waals surface area contributed by atoms with Gasteiger partial charge in [-0.3, -0.25) is 4.90 Å². The summed E-state index contributed by atoms with van der Waals surface area (Å²) >= 11 is 0. The molecule has 0 spiro atoms. The van der Waals surface area contributed by atoms with Crippen molar-refractivity contribution in [2.24, 2.45) is 11.7 Å². The van der Waals surface area contributed by atoms with Crippen LogP contribution < -0.4 is 5.73 Å². The molecule has 1 aliphatic rings. The van der Waals surface area contributed by atoms with Gasteiger partial charge in [-0.15, -0.1) is 0 Å². The monoisotopic (exact) mass is 261 g/mol. The molecule has 1 fully saturated rings. The lowest BCUT2D eigenvalue weighted by molar-refractivity contribution is 0.145. The Hall–Kier alpha value is -1.44. The zero-order valence-electron chi connectivity index (χ0n) is 11.3. The van der Waals surface area contributed by atoms with Gasteiger partial charge in [-0.1, -0.05) is 19.4 Å². The zero-order valence-corrected chi connectivity index (χ0v) is 11.3. The molecule has 1 saturated heterocycles. The van der Waals surface area contributed by atoms with E-state index in [-0.39, 0.29) is 5.56 Å². The predicted molar refractivity (Wildman–Crippen MR) is 72.8 cm³/mol. The highest BCUT2D eigenvalue weighted by molar-refractivity contribution is 5.34. The molecule has 2 unspecified atom stereocenters. The number of hydrogen-bond acceptors (Lipinski definition) is 3. The highest BCUT2D eigenvalue weighted by Gasteiger charge is 2.25. The summed E-state index contributed by atoms with van der Waals surface area (Å²) in [6.07, 6.45) is 2.09. The van der Waals surface area contributed by atoms with Crippen molar-refractivity contribution in [3.8, 4) is 6.07 Å². The molecule has 2 atom stereocenters. The summed E-state index contributed by atoms with van der Waals surface area (Å²) in [4.78, 5) is 2.34. The van der Waals surface area contributed by atoms with Crippen LogP contribution in [0.5, 0.6) is 0 Å². The van der Waals surface area contributed by atoms with Crippen molar-refractivity contribution in [3.05, 3.63) is 35.1 Å². The van der Waals surface area contributed by atoms with Gasteiger partial charge in [0.2, 0.25) is 0 Å². The van der Waals surface area contributed by atoms with E-state index in [0.717, 1.165) is 38.0 Å². The van der Waals surface area contributed by atoms with E-state index in [2.05, 4.69) is 11.8 Å². The summed E-state index contributed by atoms with van der Waals surface area (Å²) in [6, 6.07) is 6.96. The first-order chi connectivity index (χ1) is 9.13. The summed E-state index contributed by atoms with van der Waals surface area (Å²) in [7, 11) is 0. The van der Waals surface area contributed by atoms with E-state index in [4.69, 9.17) is 11.0 Å². The molecule has 1 heterocycles. The highest BCUT2D eigenvalue weighted by atomic mass is 19.1. The maximum Gasteiger partial charge on any atom is 0.140 e. The Bertz CT molecular complexity index is 481. The van der Waals surface area contributed by atoms with Crippen LogP contribution in [0.4, 0.5) is 4.39 Å². The fourth-order valence-electron chi connectivity index (χ4n) is 2.72. The molecule has 0 bridgehead atoms. The van der Waals surface area contributed by atoms with E-state index < -0.39 is 5.82 Å². The highest BCUT2D eigenvalue weighted by Crippen LogP contribution is 2.21. The van der Waals surface area contributed by atoms with E-state index in [0.29, 0.717) is 12.0 Å². The Kier molecular flexibility index (Phi) is 4.52. The average Bonchev–Trinajstić information content (AvgIpc) is 2.43. The SMILES string of the molecule is CCC1CN(Cc2ccc(F)c(C#N)c2)CCC1N. The van der Waals surface area contributed by atoms with E-state index in [1.54, 1.807) is 12.1 Å². The molecule has 1 aromatic carbocycles. The van der Waals surface area contributed by atoms with Crippen molar-refractivity contribution < 1.29 is 4.39 Å². The first-order valence-corrected chi connectivity index (χ1v) is 6.80. The van der Waals surface area contributed by atoms with Gasteiger partial charge < -0.3 is 5.73 Å². The molecule has 19 heavy (non-hydrogen) atoms. The number of likely N-dealkylation sites (tertiary alicyclic amines) is 1. The molecule has 0 radical (unpaired) electrons. The van der Waals surface area contributed by atoms with E-state index in [1.165, 1.54) is 6.07 Å². The third kappa shape index (κ3) is 3.31. The van der Waals surface area contributed by atoms with Gasteiger partial charge in [-0.05, 0) is 36.6 Å². The number of halogens is 1. The smallest absolute Gasteiger partial charge is 0.140 e. The molecule has 1 aliphatic heterocycles. The van der Waals surface area contributed by atoms with E-state index in [1.807, 2.05) is 6.07 Å². The normalized spacial score (nSPS) is 24.1. The summed E-state index contributed by atoms with van der Waals surface area (Å²) in [5.41, 5.74) is 7.20. The zero-order chi connectivity index (χ0) is 13.8. The van der Waals surface area contributed by atoms with Crippen molar-refractivity contribution in [2.75, 3.05) is 13.1 Å². The molecule has 4 heteroatoms. The van der Waals surface area contributed by atoms with Crippen LogP contribution in [0, 0.1) is 23.1 Å². The maximum absolute atomic E-state index is 13.3. The number of piperidine rings is 1. The predicted octanol–water partition coefficient (Wildman–Crippen LogP) is 2.26. The topological polar surface area (TPSA) is 53.0 Å². The fraction of sp³-hybridized carbons (Fsp3) is 0.533. The summed E-state index contributed by atoms with van der Waals surface area (Å²) in [6.45, 7) is 4.88. The minimum absolute atomic E-state index is 0.123. The molecule has 102 valence electrons. The first-order valence-electron chi connectivity index (χ1n) is 6.80. The third-order valence-electron chi connectivity index (χ3n) is 3.96. The second-order valence-electron chi connectivity index (χ2n) is 5.28. The van der Waals surface area contributed by atoms with Gasteiger partial charge in [0.05, 0.1) is 5.56 Å². The number of nitrogens with two attached hydrogens (primary N) is 1. The maximum atomic E-state index is 13.3. The minimum Gasteiger partial charge on any atom is -0.327 e. The molecule has 0 saturated carbocycles. The molecule has 0 aromatic heterocycles. The van der Waals surface area contributed by atoms with Gasteiger partial charge >= 0.3 is 0 Å². The Morgan fingerprint density at radius 2 is 2.32 bits per heavy atom. The van der Waals surface area contributed by atoms with E-state index >= 15 is 0 Å². The van der Waals surface area contributed by atoms with Crippen molar-refractivity contribution in [1.82, 2.24) is 4.90 Å². The second-order valence-corrected chi connectivity index (χ2v) is 5.28. The number of hydrogen-bond donors (Lipinski definition) is 1. The largest absolute Gasteiger partial charge is 0.327 e. The molecular weight excluding hydrogens is 241 g/mol. The number of nitrogens with zero attached hydrogens (tertiary/aromatic N) is 2. The van der Waals surface area contributed by atoms with Gasteiger partial charge in [-0.25, -0.2) is 4.39 Å². The molecule has 2 rings (SSSR count). The summed E-state index contributed by atoms with van der Waals surface area (Å²) in [5, 5.41) is 8.84. The van der Waals surface area contributed by atoms with E-state index in [9.17, 15) is 4.39 Å². The van der Waals surface area contributed by atoms with Gasteiger partial charge in [0.25, 0.3) is 0 Å². The van der Waals surface area contributed by atoms with Gasteiger partial charge in [0.1, 0.15) is 11.9 Å². The lowest BCUT2D eigenvalue weighted by Gasteiger charge is -2.36. The summed E-state index contributed by atoms with van der Waals surface area (Å²) in [5.74, 6) is 0.0861.